The van der Waals surface area contributed by atoms with Crippen molar-refractivity contribution in [2.45, 2.75) is 57.6 Å². The predicted octanol–water partition coefficient (Wildman–Crippen LogP) is 3.72. The third-order valence-corrected chi connectivity index (χ3v) is 3.89. The second-order valence-corrected chi connectivity index (χ2v) is 5.53. The molecule has 2 nitrogen and oxygen atoms in total. The quantitative estimate of drug-likeness (QED) is 0.875. The Labute approximate surface area is 111 Å². The number of nitrogens with one attached hydrogen (secondary N) is 1. The van der Waals surface area contributed by atoms with Crippen molar-refractivity contribution in [1.29, 1.82) is 0 Å². The molecule has 1 aromatic carbocycles. The molecule has 2 atom stereocenters. The van der Waals surface area contributed by atoms with Gasteiger partial charge in [0.2, 0.25) is 0 Å². The van der Waals surface area contributed by atoms with E-state index in [-0.39, 0.29) is 0 Å². The van der Waals surface area contributed by atoms with Gasteiger partial charge in [0.1, 0.15) is 11.9 Å². The van der Waals surface area contributed by atoms with Gasteiger partial charge in [-0.15, -0.1) is 0 Å². The van der Waals surface area contributed by atoms with E-state index in [1.165, 1.54) is 24.8 Å². The zero-order chi connectivity index (χ0) is 13.0. The molecule has 2 unspecified atom stereocenters. The molecule has 0 radical (unpaired) electrons. The average molecular weight is 247 g/mol. The van der Waals surface area contributed by atoms with E-state index in [9.17, 15) is 0 Å². The molecule has 1 saturated carbocycles. The summed E-state index contributed by atoms with van der Waals surface area (Å²) in [6.07, 6.45) is 5.32. The number of ether oxygens (including phenoxy) is 1. The van der Waals surface area contributed by atoms with Crippen molar-refractivity contribution in [3.8, 4) is 5.75 Å². The van der Waals surface area contributed by atoms with Crippen molar-refractivity contribution in [2.24, 2.45) is 0 Å². The Hall–Kier alpha value is -1.02. The minimum absolute atomic E-state index is 0.323. The van der Waals surface area contributed by atoms with Crippen LogP contribution in [0, 0.1) is 0 Å². The van der Waals surface area contributed by atoms with Gasteiger partial charge in [0.05, 0.1) is 0 Å². The highest BCUT2D eigenvalue weighted by Gasteiger charge is 2.26. The van der Waals surface area contributed by atoms with Gasteiger partial charge in [-0.1, -0.05) is 38.5 Å². The molecule has 0 aliphatic heterocycles. The molecule has 0 spiro atoms. The number of hydrogen-bond donors (Lipinski definition) is 1. The van der Waals surface area contributed by atoms with Crippen LogP contribution in [0.2, 0.25) is 0 Å². The summed E-state index contributed by atoms with van der Waals surface area (Å²) < 4.78 is 6.29. The first-order chi connectivity index (χ1) is 8.72. The molecule has 0 bridgehead atoms. The fourth-order valence-electron chi connectivity index (χ4n) is 2.80. The van der Waals surface area contributed by atoms with Crippen molar-refractivity contribution in [1.82, 2.24) is 5.32 Å². The van der Waals surface area contributed by atoms with Crippen molar-refractivity contribution < 1.29 is 4.74 Å². The first-order valence-corrected chi connectivity index (χ1v) is 7.15. The number of rotatable bonds is 4. The lowest BCUT2D eigenvalue weighted by atomic mass is 9.92. The first kappa shape index (κ1) is 13.4. The SMILES string of the molecule is CNC1CCCCC1Oc1ccccc1C(C)C. The van der Waals surface area contributed by atoms with Crippen molar-refractivity contribution in [2.75, 3.05) is 7.05 Å². The van der Waals surface area contributed by atoms with Crippen LogP contribution < -0.4 is 10.1 Å². The lowest BCUT2D eigenvalue weighted by molar-refractivity contribution is 0.116. The van der Waals surface area contributed by atoms with Crippen LogP contribution in [0.25, 0.3) is 0 Å². The van der Waals surface area contributed by atoms with Crippen LogP contribution in [0.4, 0.5) is 0 Å². The average Bonchev–Trinajstić information content (AvgIpc) is 2.40. The Morgan fingerprint density at radius 3 is 2.61 bits per heavy atom. The summed E-state index contributed by atoms with van der Waals surface area (Å²) in [6, 6.07) is 8.95. The van der Waals surface area contributed by atoms with E-state index in [1.54, 1.807) is 0 Å². The third-order valence-electron chi connectivity index (χ3n) is 3.89. The normalized spacial score (nSPS) is 24.2. The number of hydrogen-bond acceptors (Lipinski definition) is 2. The zero-order valence-corrected chi connectivity index (χ0v) is 11.8. The lowest BCUT2D eigenvalue weighted by Crippen LogP contribution is -2.43. The maximum atomic E-state index is 6.29. The van der Waals surface area contributed by atoms with E-state index in [2.05, 4.69) is 43.4 Å². The van der Waals surface area contributed by atoms with Crippen molar-refractivity contribution in [3.05, 3.63) is 29.8 Å². The molecule has 2 rings (SSSR count). The molecule has 100 valence electrons. The molecule has 0 saturated heterocycles. The number of likely N-dealkylation sites (N-methyl/N-ethyl adjacent to an activating group) is 1. The minimum Gasteiger partial charge on any atom is -0.489 e. The van der Waals surface area contributed by atoms with E-state index >= 15 is 0 Å². The molecule has 1 fully saturated rings. The molecule has 1 aliphatic carbocycles. The van der Waals surface area contributed by atoms with Crippen LogP contribution in [0.15, 0.2) is 24.3 Å². The van der Waals surface area contributed by atoms with Gasteiger partial charge in [-0.2, -0.15) is 0 Å². The van der Waals surface area contributed by atoms with Gasteiger partial charge < -0.3 is 10.1 Å². The fourth-order valence-corrected chi connectivity index (χ4v) is 2.80. The summed E-state index contributed by atoms with van der Waals surface area (Å²) in [5, 5.41) is 3.40. The summed E-state index contributed by atoms with van der Waals surface area (Å²) in [6.45, 7) is 4.44. The largest absolute Gasteiger partial charge is 0.489 e. The standard InChI is InChI=1S/C16H25NO/c1-12(2)13-8-4-6-10-15(13)18-16-11-7-5-9-14(16)17-3/h4,6,8,10,12,14,16-17H,5,7,9,11H2,1-3H3. The van der Waals surface area contributed by atoms with E-state index in [0.29, 0.717) is 18.1 Å². The molecule has 1 aliphatic rings. The second kappa shape index (κ2) is 6.24. The number of benzene rings is 1. The summed E-state index contributed by atoms with van der Waals surface area (Å²) in [5.41, 5.74) is 1.32. The maximum Gasteiger partial charge on any atom is 0.123 e. The molecule has 1 N–H and O–H groups in total. The molecule has 1 aromatic rings. The predicted molar refractivity (Wildman–Crippen MR) is 76.3 cm³/mol. The molecule has 0 aromatic heterocycles. The van der Waals surface area contributed by atoms with Crippen LogP contribution in [-0.2, 0) is 0 Å². The summed E-state index contributed by atoms with van der Waals surface area (Å²) in [4.78, 5) is 0. The van der Waals surface area contributed by atoms with Crippen LogP contribution in [0.5, 0.6) is 5.75 Å². The molecule has 0 heterocycles. The highest BCUT2D eigenvalue weighted by Crippen LogP contribution is 2.30. The summed E-state index contributed by atoms with van der Waals surface area (Å²) >= 11 is 0. The summed E-state index contributed by atoms with van der Waals surface area (Å²) in [7, 11) is 2.04. The van der Waals surface area contributed by atoms with Crippen LogP contribution in [-0.4, -0.2) is 19.2 Å². The van der Waals surface area contributed by atoms with Gasteiger partial charge >= 0.3 is 0 Å². The van der Waals surface area contributed by atoms with E-state index in [0.717, 1.165) is 12.2 Å². The Bertz CT molecular complexity index is 375. The summed E-state index contributed by atoms with van der Waals surface area (Å²) in [5.74, 6) is 1.58. The number of para-hydroxylation sites is 1. The van der Waals surface area contributed by atoms with Crippen LogP contribution in [0.3, 0.4) is 0 Å². The molecular weight excluding hydrogens is 222 g/mol. The first-order valence-electron chi connectivity index (χ1n) is 7.15. The van der Waals surface area contributed by atoms with Gasteiger partial charge in [-0.05, 0) is 43.9 Å². The van der Waals surface area contributed by atoms with Gasteiger partial charge in [-0.3, -0.25) is 0 Å². The Kier molecular flexibility index (Phi) is 4.65. The Morgan fingerprint density at radius 1 is 1.17 bits per heavy atom. The minimum atomic E-state index is 0.323. The molecule has 18 heavy (non-hydrogen) atoms. The van der Waals surface area contributed by atoms with Crippen molar-refractivity contribution in [3.63, 3.8) is 0 Å². The molecule has 2 heteroatoms. The Balaban J connectivity index is 2.12. The van der Waals surface area contributed by atoms with E-state index < -0.39 is 0 Å². The van der Waals surface area contributed by atoms with Gasteiger partial charge in [0.15, 0.2) is 0 Å². The van der Waals surface area contributed by atoms with Gasteiger partial charge in [-0.25, -0.2) is 0 Å². The molecule has 0 amide bonds. The van der Waals surface area contributed by atoms with Crippen molar-refractivity contribution >= 4 is 0 Å². The van der Waals surface area contributed by atoms with Gasteiger partial charge in [0, 0.05) is 6.04 Å². The monoisotopic (exact) mass is 247 g/mol. The second-order valence-electron chi connectivity index (χ2n) is 5.53. The van der Waals surface area contributed by atoms with Crippen LogP contribution >= 0.6 is 0 Å². The van der Waals surface area contributed by atoms with E-state index in [1.807, 2.05) is 7.05 Å². The topological polar surface area (TPSA) is 21.3 Å². The highest BCUT2D eigenvalue weighted by atomic mass is 16.5. The van der Waals surface area contributed by atoms with Gasteiger partial charge in [0.25, 0.3) is 0 Å². The Morgan fingerprint density at radius 2 is 1.89 bits per heavy atom. The fraction of sp³-hybridized carbons (Fsp3) is 0.625. The lowest BCUT2D eigenvalue weighted by Gasteiger charge is -2.32. The van der Waals surface area contributed by atoms with E-state index in [4.69, 9.17) is 4.74 Å². The molecular formula is C16H25NO. The maximum absolute atomic E-state index is 6.29. The highest BCUT2D eigenvalue weighted by molar-refractivity contribution is 5.35. The smallest absolute Gasteiger partial charge is 0.123 e. The zero-order valence-electron chi connectivity index (χ0n) is 11.8. The van der Waals surface area contributed by atoms with Crippen LogP contribution in [0.1, 0.15) is 51.0 Å². The third kappa shape index (κ3) is 3.05.